The van der Waals surface area contributed by atoms with E-state index >= 15 is 0 Å². The summed E-state index contributed by atoms with van der Waals surface area (Å²) in [5.74, 6) is -1.78. The van der Waals surface area contributed by atoms with E-state index in [1.807, 2.05) is 0 Å². The van der Waals surface area contributed by atoms with Crippen molar-refractivity contribution in [3.05, 3.63) is 53.1 Å². The average Bonchev–Trinajstić information content (AvgIpc) is 2.77. The van der Waals surface area contributed by atoms with Crippen LogP contribution >= 0.6 is 11.6 Å². The Bertz CT molecular complexity index is 990. The van der Waals surface area contributed by atoms with Crippen molar-refractivity contribution < 1.29 is 23.1 Å². The Morgan fingerprint density at radius 2 is 1.92 bits per heavy atom. The first-order chi connectivity index (χ1) is 11.7. The zero-order chi connectivity index (χ0) is 18.4. The molecule has 2 amide bonds. The monoisotopic (exact) mass is 380 g/mol. The maximum Gasteiger partial charge on any atom is 0.269 e. The Balaban J connectivity index is 1.91. The maximum atomic E-state index is 12.6. The van der Waals surface area contributed by atoms with Gasteiger partial charge in [-0.15, -0.1) is 0 Å². The first-order valence-corrected chi connectivity index (χ1v) is 9.02. The minimum absolute atomic E-state index is 0.0194. The molecule has 0 aliphatic carbocycles. The fourth-order valence-corrected chi connectivity index (χ4v) is 4.43. The Morgan fingerprint density at radius 3 is 2.60 bits per heavy atom. The summed E-state index contributed by atoms with van der Waals surface area (Å²) in [6.45, 7) is 1.29. The van der Waals surface area contributed by atoms with E-state index in [0.29, 0.717) is 4.31 Å². The number of anilines is 1. The Morgan fingerprint density at radius 1 is 1.24 bits per heavy atom. The van der Waals surface area contributed by atoms with Gasteiger partial charge in [0.15, 0.2) is 0 Å². The van der Waals surface area contributed by atoms with Crippen molar-refractivity contribution in [3.8, 4) is 5.75 Å². The van der Waals surface area contributed by atoms with E-state index < -0.39 is 27.9 Å². The third-order valence-corrected chi connectivity index (χ3v) is 5.95. The molecule has 2 aromatic rings. The van der Waals surface area contributed by atoms with Gasteiger partial charge in [0.2, 0.25) is 5.91 Å². The van der Waals surface area contributed by atoms with E-state index in [0.717, 1.165) is 0 Å². The van der Waals surface area contributed by atoms with Gasteiger partial charge >= 0.3 is 0 Å². The predicted molar refractivity (Wildman–Crippen MR) is 91.0 cm³/mol. The SMILES string of the molecule is C[C@@H](C(=O)Nc1cc(Cl)ccc1O)N1C(=O)c2ccccc2S1(=O)=O. The second-order valence-electron chi connectivity index (χ2n) is 5.43. The van der Waals surface area contributed by atoms with Crippen LogP contribution in [0, 0.1) is 0 Å². The van der Waals surface area contributed by atoms with Crippen molar-refractivity contribution >= 4 is 39.1 Å². The summed E-state index contributed by atoms with van der Waals surface area (Å²) >= 11 is 5.81. The molecule has 0 saturated carbocycles. The molecule has 1 atom stereocenters. The van der Waals surface area contributed by atoms with Crippen LogP contribution in [0.2, 0.25) is 5.02 Å². The van der Waals surface area contributed by atoms with Crippen LogP contribution in [0.25, 0.3) is 0 Å². The number of carbonyl (C=O) groups excluding carboxylic acids is 2. The van der Waals surface area contributed by atoms with Gasteiger partial charge in [-0.1, -0.05) is 23.7 Å². The summed E-state index contributed by atoms with van der Waals surface area (Å²) < 4.78 is 25.7. The van der Waals surface area contributed by atoms with Gasteiger partial charge in [-0.2, -0.15) is 0 Å². The highest BCUT2D eigenvalue weighted by Crippen LogP contribution is 2.32. The van der Waals surface area contributed by atoms with Crippen molar-refractivity contribution in [1.29, 1.82) is 0 Å². The topological polar surface area (TPSA) is 104 Å². The molecule has 1 aliphatic heterocycles. The van der Waals surface area contributed by atoms with Crippen LogP contribution in [-0.4, -0.2) is 35.7 Å². The Kier molecular flexibility index (Phi) is 4.18. The van der Waals surface area contributed by atoms with Crippen molar-refractivity contribution in [2.75, 3.05) is 5.32 Å². The first kappa shape index (κ1) is 17.2. The zero-order valence-corrected chi connectivity index (χ0v) is 14.5. The molecule has 0 unspecified atom stereocenters. The minimum Gasteiger partial charge on any atom is -0.506 e. The van der Waals surface area contributed by atoms with Crippen LogP contribution < -0.4 is 5.32 Å². The molecule has 0 saturated heterocycles. The number of amides is 2. The molecule has 0 spiro atoms. The third-order valence-electron chi connectivity index (χ3n) is 3.80. The molecule has 0 fully saturated rings. The summed E-state index contributed by atoms with van der Waals surface area (Å²) in [6.07, 6.45) is 0. The number of carbonyl (C=O) groups is 2. The van der Waals surface area contributed by atoms with E-state index in [-0.39, 0.29) is 26.9 Å². The molecule has 9 heteroatoms. The lowest BCUT2D eigenvalue weighted by molar-refractivity contribution is -0.118. The summed E-state index contributed by atoms with van der Waals surface area (Å²) in [5, 5.41) is 12.4. The van der Waals surface area contributed by atoms with E-state index in [1.165, 1.54) is 43.3 Å². The number of nitrogens with one attached hydrogen (secondary N) is 1. The summed E-state index contributed by atoms with van der Waals surface area (Å²) in [7, 11) is -4.12. The van der Waals surface area contributed by atoms with Crippen molar-refractivity contribution in [2.24, 2.45) is 0 Å². The van der Waals surface area contributed by atoms with Gasteiger partial charge in [-0.25, -0.2) is 12.7 Å². The van der Waals surface area contributed by atoms with Gasteiger partial charge in [0, 0.05) is 5.02 Å². The van der Waals surface area contributed by atoms with Crippen molar-refractivity contribution in [3.63, 3.8) is 0 Å². The van der Waals surface area contributed by atoms with Crippen molar-refractivity contribution in [1.82, 2.24) is 4.31 Å². The van der Waals surface area contributed by atoms with E-state index in [1.54, 1.807) is 6.07 Å². The molecule has 0 aromatic heterocycles. The molecule has 2 aromatic carbocycles. The lowest BCUT2D eigenvalue weighted by Gasteiger charge is -2.22. The molecule has 1 heterocycles. The number of nitrogens with zero attached hydrogens (tertiary/aromatic N) is 1. The fourth-order valence-electron chi connectivity index (χ4n) is 2.54. The third kappa shape index (κ3) is 2.83. The van der Waals surface area contributed by atoms with Gasteiger partial charge in [-0.3, -0.25) is 9.59 Å². The average molecular weight is 381 g/mol. The van der Waals surface area contributed by atoms with Crippen LogP contribution in [0.1, 0.15) is 17.3 Å². The van der Waals surface area contributed by atoms with E-state index in [9.17, 15) is 23.1 Å². The molecular formula is C16H13ClN2O5S. The lowest BCUT2D eigenvalue weighted by Crippen LogP contribution is -2.45. The first-order valence-electron chi connectivity index (χ1n) is 7.20. The van der Waals surface area contributed by atoms with Gasteiger partial charge < -0.3 is 10.4 Å². The summed E-state index contributed by atoms with van der Waals surface area (Å²) in [5.41, 5.74) is 0.0404. The molecular weight excluding hydrogens is 368 g/mol. The van der Waals surface area contributed by atoms with Crippen LogP contribution in [0.5, 0.6) is 5.75 Å². The van der Waals surface area contributed by atoms with Gasteiger partial charge in [-0.05, 0) is 37.3 Å². The molecule has 130 valence electrons. The van der Waals surface area contributed by atoms with Crippen molar-refractivity contribution in [2.45, 2.75) is 17.9 Å². The smallest absolute Gasteiger partial charge is 0.269 e. The van der Waals surface area contributed by atoms with Gasteiger partial charge in [0.05, 0.1) is 11.3 Å². The largest absolute Gasteiger partial charge is 0.506 e. The number of phenolic OH excluding ortho intramolecular Hbond substituents is 1. The van der Waals surface area contributed by atoms with Gasteiger partial charge in [0.1, 0.15) is 16.7 Å². The number of halogens is 1. The normalized spacial score (nSPS) is 16.4. The maximum absolute atomic E-state index is 12.6. The lowest BCUT2D eigenvalue weighted by atomic mass is 10.2. The summed E-state index contributed by atoms with van der Waals surface area (Å²) in [4.78, 5) is 24.7. The van der Waals surface area contributed by atoms with Crippen LogP contribution in [0.15, 0.2) is 47.4 Å². The molecule has 0 bridgehead atoms. The number of sulfonamides is 1. The summed E-state index contributed by atoms with van der Waals surface area (Å²) in [6, 6.07) is 8.47. The highest BCUT2D eigenvalue weighted by atomic mass is 35.5. The second kappa shape index (κ2) is 6.05. The molecule has 0 radical (unpaired) electrons. The number of aromatic hydroxyl groups is 1. The molecule has 7 nitrogen and oxygen atoms in total. The molecule has 2 N–H and O–H groups in total. The minimum atomic E-state index is -4.12. The molecule has 25 heavy (non-hydrogen) atoms. The number of hydrogen-bond donors (Lipinski definition) is 2. The predicted octanol–water partition coefficient (Wildman–Crippen LogP) is 2.22. The number of phenols is 1. The standard InChI is InChI=1S/C16H13ClN2O5S/c1-9(15(21)18-12-8-10(17)6-7-13(12)20)19-16(22)11-4-2-3-5-14(11)25(19,23)24/h2-9,20H,1H3,(H,18,21)/t9-/m0/s1. The second-order valence-corrected chi connectivity index (χ2v) is 7.65. The van der Waals surface area contributed by atoms with E-state index in [4.69, 9.17) is 11.6 Å². The number of rotatable bonds is 3. The fraction of sp³-hybridized carbons (Fsp3) is 0.125. The quantitative estimate of drug-likeness (QED) is 0.794. The highest BCUT2D eigenvalue weighted by Gasteiger charge is 2.45. The number of hydrogen-bond acceptors (Lipinski definition) is 5. The molecule has 3 rings (SSSR count). The molecule has 1 aliphatic rings. The van der Waals surface area contributed by atoms with Crippen LogP contribution in [0.4, 0.5) is 5.69 Å². The zero-order valence-electron chi connectivity index (χ0n) is 12.9. The van der Waals surface area contributed by atoms with Gasteiger partial charge in [0.25, 0.3) is 15.9 Å². The number of fused-ring (bicyclic) bond motifs is 1. The van der Waals surface area contributed by atoms with E-state index in [2.05, 4.69) is 5.32 Å². The highest BCUT2D eigenvalue weighted by molar-refractivity contribution is 7.90. The van der Waals surface area contributed by atoms with Crippen LogP contribution in [-0.2, 0) is 14.8 Å². The van der Waals surface area contributed by atoms with Crippen LogP contribution in [0.3, 0.4) is 0 Å². The Labute approximate surface area is 148 Å². The number of benzene rings is 2. The Hall–Kier alpha value is -2.58.